The molecule has 2 aromatic rings. The molecule has 0 atom stereocenters. The number of allylic oxidation sites excluding steroid dienone is 2. The van der Waals surface area contributed by atoms with E-state index in [0.717, 1.165) is 28.1 Å². The van der Waals surface area contributed by atoms with Crippen LogP contribution in [-0.4, -0.2) is 11.2 Å². The van der Waals surface area contributed by atoms with Gasteiger partial charge in [-0.15, -0.1) is 0 Å². The van der Waals surface area contributed by atoms with Crippen molar-refractivity contribution in [1.82, 2.24) is 0 Å². The molecule has 2 aromatic carbocycles. The van der Waals surface area contributed by atoms with Crippen LogP contribution in [0.4, 0.5) is 0 Å². The van der Waals surface area contributed by atoms with E-state index in [9.17, 15) is 10.1 Å². The predicted octanol–water partition coefficient (Wildman–Crippen LogP) is 4.33. The van der Waals surface area contributed by atoms with Gasteiger partial charge in [-0.05, 0) is 22.6 Å². The molecule has 0 N–H and O–H groups in total. The average Bonchev–Trinajstić information content (AvgIpc) is 2.43. The van der Waals surface area contributed by atoms with Gasteiger partial charge in [-0.1, -0.05) is 66.4 Å². The summed E-state index contributed by atoms with van der Waals surface area (Å²) in [4.78, 5) is 10.3. The minimum Gasteiger partial charge on any atom is -0.258 e. The summed E-state index contributed by atoms with van der Waals surface area (Å²) in [7, 11) is 0. The van der Waals surface area contributed by atoms with Gasteiger partial charge in [0.15, 0.2) is 0 Å². The number of rotatable bonds is 4. The summed E-state index contributed by atoms with van der Waals surface area (Å²) in [6.45, 7) is 0. The fraction of sp³-hybridized carbons (Fsp3) is 0.0667. The minimum absolute atomic E-state index is 0.136. The molecular weight excluding hydrogens is 258 g/mol. The molecule has 0 spiro atoms. The fourth-order valence-electron chi connectivity index (χ4n) is 1.83. The van der Waals surface area contributed by atoms with Crippen molar-refractivity contribution < 1.29 is 4.92 Å². The Balaban J connectivity index is 2.34. The van der Waals surface area contributed by atoms with Crippen LogP contribution < -0.4 is 0 Å². The Hall–Kier alpha value is -2.07. The number of hydrogen-bond acceptors (Lipinski definition) is 3. The number of benzene rings is 2. The van der Waals surface area contributed by atoms with E-state index in [1.807, 2.05) is 48.5 Å². The first-order valence-electron chi connectivity index (χ1n) is 5.77. The molecule has 0 aromatic heterocycles. The van der Waals surface area contributed by atoms with Crippen molar-refractivity contribution in [2.45, 2.75) is 0 Å². The maximum atomic E-state index is 10.7. The Morgan fingerprint density at radius 2 is 1.95 bits per heavy atom. The second kappa shape index (κ2) is 6.20. The van der Waals surface area contributed by atoms with Gasteiger partial charge in [-0.2, -0.15) is 0 Å². The van der Waals surface area contributed by atoms with E-state index >= 15 is 0 Å². The lowest BCUT2D eigenvalue weighted by Gasteiger charge is -2.00. The summed E-state index contributed by atoms with van der Waals surface area (Å²) < 4.78 is 0. The van der Waals surface area contributed by atoms with Crippen LogP contribution >= 0.6 is 11.8 Å². The normalized spacial score (nSPS) is 12.2. The molecular formula is C15H13NO2S. The molecule has 0 aliphatic carbocycles. The first-order valence-corrected chi connectivity index (χ1v) is 6.99. The summed E-state index contributed by atoms with van der Waals surface area (Å²) in [5.74, 6) is 0. The fourth-order valence-corrected chi connectivity index (χ4v) is 2.20. The highest BCUT2D eigenvalue weighted by atomic mass is 32.2. The van der Waals surface area contributed by atoms with Gasteiger partial charge >= 0.3 is 5.03 Å². The molecule has 2 rings (SSSR count). The molecule has 0 amide bonds. The van der Waals surface area contributed by atoms with Crippen LogP contribution in [0.3, 0.4) is 0 Å². The van der Waals surface area contributed by atoms with Crippen LogP contribution in [0.5, 0.6) is 0 Å². The Labute approximate surface area is 115 Å². The van der Waals surface area contributed by atoms with Crippen LogP contribution in [0, 0.1) is 10.1 Å². The third-order valence-corrected chi connectivity index (χ3v) is 3.43. The Bertz CT molecular complexity index is 657. The molecule has 0 radical (unpaired) electrons. The van der Waals surface area contributed by atoms with E-state index < -0.39 is 0 Å². The van der Waals surface area contributed by atoms with Gasteiger partial charge in [0.2, 0.25) is 0 Å². The molecule has 19 heavy (non-hydrogen) atoms. The number of thioether (sulfide) groups is 1. The van der Waals surface area contributed by atoms with Gasteiger partial charge in [-0.3, -0.25) is 10.1 Å². The second-order valence-electron chi connectivity index (χ2n) is 3.89. The Kier molecular flexibility index (Phi) is 4.36. The lowest BCUT2D eigenvalue weighted by molar-refractivity contribution is -0.410. The highest BCUT2D eigenvalue weighted by molar-refractivity contribution is 8.02. The maximum Gasteiger partial charge on any atom is 0.302 e. The van der Waals surface area contributed by atoms with E-state index in [4.69, 9.17) is 0 Å². The minimum atomic E-state index is -0.377. The molecule has 0 aliphatic heterocycles. The summed E-state index contributed by atoms with van der Waals surface area (Å²) >= 11 is 1.13. The number of nitro groups is 1. The molecule has 0 saturated carbocycles. The summed E-state index contributed by atoms with van der Waals surface area (Å²) in [5, 5.41) is 13.1. The van der Waals surface area contributed by atoms with Gasteiger partial charge in [0, 0.05) is 6.08 Å². The zero-order valence-electron chi connectivity index (χ0n) is 10.4. The molecule has 3 nitrogen and oxygen atoms in total. The standard InChI is InChI=1S/C15H13NO2S/c1-19-15(16(17)18)11-5-9-13-8-4-7-12-6-2-3-10-14(12)13/h2-11H,1H3/b9-5+,15-11-. The molecule has 96 valence electrons. The predicted molar refractivity (Wildman–Crippen MR) is 81.6 cm³/mol. The van der Waals surface area contributed by atoms with Crippen molar-refractivity contribution in [2.24, 2.45) is 0 Å². The van der Waals surface area contributed by atoms with E-state index in [-0.39, 0.29) is 9.95 Å². The largest absolute Gasteiger partial charge is 0.302 e. The van der Waals surface area contributed by atoms with Gasteiger partial charge < -0.3 is 0 Å². The lowest BCUT2D eigenvalue weighted by Crippen LogP contribution is -1.92. The van der Waals surface area contributed by atoms with Gasteiger partial charge in [-0.25, -0.2) is 0 Å². The molecule has 0 unspecified atom stereocenters. The topological polar surface area (TPSA) is 43.1 Å². The summed E-state index contributed by atoms with van der Waals surface area (Å²) in [6, 6.07) is 14.1. The zero-order valence-corrected chi connectivity index (χ0v) is 11.3. The zero-order chi connectivity index (χ0) is 13.7. The number of fused-ring (bicyclic) bond motifs is 1. The lowest BCUT2D eigenvalue weighted by atomic mass is 10.0. The second-order valence-corrected chi connectivity index (χ2v) is 4.72. The van der Waals surface area contributed by atoms with Crippen molar-refractivity contribution >= 4 is 28.6 Å². The molecule has 0 bridgehead atoms. The van der Waals surface area contributed by atoms with E-state index in [1.165, 1.54) is 6.08 Å². The smallest absolute Gasteiger partial charge is 0.258 e. The quantitative estimate of drug-likeness (QED) is 0.472. The van der Waals surface area contributed by atoms with Crippen LogP contribution in [0.2, 0.25) is 0 Å². The van der Waals surface area contributed by atoms with Crippen LogP contribution in [0.15, 0.2) is 59.6 Å². The average molecular weight is 271 g/mol. The van der Waals surface area contributed by atoms with Gasteiger partial charge in [0.25, 0.3) is 0 Å². The van der Waals surface area contributed by atoms with Crippen molar-refractivity contribution in [3.63, 3.8) is 0 Å². The monoisotopic (exact) mass is 271 g/mol. The molecule has 4 heteroatoms. The molecule has 0 fully saturated rings. The first-order chi connectivity index (χ1) is 9.22. The van der Waals surface area contributed by atoms with Crippen LogP contribution in [0.1, 0.15) is 5.56 Å². The third kappa shape index (κ3) is 3.23. The van der Waals surface area contributed by atoms with Crippen molar-refractivity contribution in [1.29, 1.82) is 0 Å². The first kappa shape index (κ1) is 13.4. The highest BCUT2D eigenvalue weighted by Gasteiger charge is 2.05. The summed E-state index contributed by atoms with van der Waals surface area (Å²) in [5.41, 5.74) is 1.05. The SMILES string of the molecule is CS/C(=C\C=C\c1cccc2ccccc12)[N+](=O)[O-]. The highest BCUT2D eigenvalue weighted by Crippen LogP contribution is 2.20. The Morgan fingerprint density at radius 3 is 2.68 bits per heavy atom. The van der Waals surface area contributed by atoms with Crippen LogP contribution in [0.25, 0.3) is 16.8 Å². The molecule has 0 heterocycles. The van der Waals surface area contributed by atoms with Crippen molar-refractivity contribution in [3.8, 4) is 0 Å². The van der Waals surface area contributed by atoms with E-state index in [2.05, 4.69) is 0 Å². The van der Waals surface area contributed by atoms with Crippen LogP contribution in [-0.2, 0) is 0 Å². The Morgan fingerprint density at radius 1 is 1.21 bits per heavy atom. The van der Waals surface area contributed by atoms with E-state index in [0.29, 0.717) is 0 Å². The number of hydrogen-bond donors (Lipinski definition) is 0. The molecule has 0 saturated heterocycles. The van der Waals surface area contributed by atoms with Crippen molar-refractivity contribution in [3.05, 3.63) is 75.3 Å². The van der Waals surface area contributed by atoms with Crippen molar-refractivity contribution in [2.75, 3.05) is 6.26 Å². The van der Waals surface area contributed by atoms with Gasteiger partial charge in [0.05, 0.1) is 4.92 Å². The van der Waals surface area contributed by atoms with Gasteiger partial charge in [0.1, 0.15) is 0 Å². The molecule has 0 aliphatic rings. The third-order valence-electron chi connectivity index (χ3n) is 2.73. The summed E-state index contributed by atoms with van der Waals surface area (Å²) in [6.07, 6.45) is 6.82. The maximum absolute atomic E-state index is 10.7. The number of nitrogens with zero attached hydrogens (tertiary/aromatic N) is 1. The van der Waals surface area contributed by atoms with E-state index in [1.54, 1.807) is 12.3 Å².